The molecule has 0 spiro atoms. The van der Waals surface area contributed by atoms with Crippen LogP contribution in [0, 0.1) is 17.1 Å². The third kappa shape index (κ3) is 5.23. The Balaban J connectivity index is 1.84. The Morgan fingerprint density at radius 1 is 1.07 bits per heavy atom. The summed E-state index contributed by atoms with van der Waals surface area (Å²) in [6, 6.07) is 19.2. The average molecular weight is 522 g/mol. The Kier molecular flexibility index (Phi) is 6.90. The van der Waals surface area contributed by atoms with Gasteiger partial charge in [0.1, 0.15) is 18.2 Å². The smallest absolute Gasteiger partial charge is 0.148 e. The van der Waals surface area contributed by atoms with Crippen LogP contribution in [0.1, 0.15) is 16.7 Å². The van der Waals surface area contributed by atoms with E-state index < -0.39 is 0 Å². The van der Waals surface area contributed by atoms with Crippen molar-refractivity contribution in [3.8, 4) is 11.8 Å². The van der Waals surface area contributed by atoms with E-state index in [1.54, 1.807) is 18.2 Å². The lowest BCUT2D eigenvalue weighted by Crippen LogP contribution is -1.97. The first kappa shape index (κ1) is 20.6. The van der Waals surface area contributed by atoms with E-state index in [0.717, 1.165) is 20.1 Å². The van der Waals surface area contributed by atoms with Crippen LogP contribution in [0.3, 0.4) is 0 Å². The SMILES string of the molecule is N#C/C(=C/c1cc(Br)c(OCc2ccc(Cl)cc2)c(Br)c1)c1cccc(F)c1. The highest BCUT2D eigenvalue weighted by atomic mass is 79.9. The van der Waals surface area contributed by atoms with E-state index in [9.17, 15) is 9.65 Å². The number of nitriles is 1. The van der Waals surface area contributed by atoms with Crippen LogP contribution >= 0.6 is 43.5 Å². The lowest BCUT2D eigenvalue weighted by molar-refractivity contribution is 0.302. The van der Waals surface area contributed by atoms with Crippen molar-refractivity contribution in [2.45, 2.75) is 6.61 Å². The average Bonchev–Trinajstić information content (AvgIpc) is 2.67. The summed E-state index contributed by atoms with van der Waals surface area (Å²) in [4.78, 5) is 0. The molecule has 0 unspecified atom stereocenters. The zero-order chi connectivity index (χ0) is 20.1. The zero-order valence-electron chi connectivity index (χ0n) is 14.4. The number of nitrogens with zero attached hydrogens (tertiary/aromatic N) is 1. The van der Waals surface area contributed by atoms with E-state index in [1.807, 2.05) is 36.4 Å². The fourth-order valence-corrected chi connectivity index (χ4v) is 4.12. The quantitative estimate of drug-likeness (QED) is 0.255. The number of ether oxygens (including phenoxy) is 1. The summed E-state index contributed by atoms with van der Waals surface area (Å²) in [6.45, 7) is 0.385. The fourth-order valence-electron chi connectivity index (χ4n) is 2.54. The van der Waals surface area contributed by atoms with Crippen molar-refractivity contribution < 1.29 is 9.13 Å². The molecule has 6 heteroatoms. The number of rotatable bonds is 5. The summed E-state index contributed by atoms with van der Waals surface area (Å²) in [5.74, 6) is 0.267. The van der Waals surface area contributed by atoms with Gasteiger partial charge in [0.15, 0.2) is 0 Å². The van der Waals surface area contributed by atoms with E-state index in [0.29, 0.717) is 28.5 Å². The van der Waals surface area contributed by atoms with Crippen molar-refractivity contribution >= 4 is 55.1 Å². The van der Waals surface area contributed by atoms with Gasteiger partial charge in [-0.1, -0.05) is 35.9 Å². The molecule has 0 bridgehead atoms. The Morgan fingerprint density at radius 2 is 1.75 bits per heavy atom. The first-order valence-electron chi connectivity index (χ1n) is 8.20. The highest BCUT2D eigenvalue weighted by Gasteiger charge is 2.10. The third-order valence-electron chi connectivity index (χ3n) is 3.88. The molecule has 2 nitrogen and oxygen atoms in total. The summed E-state index contributed by atoms with van der Waals surface area (Å²) >= 11 is 12.9. The monoisotopic (exact) mass is 519 g/mol. The van der Waals surface area contributed by atoms with E-state index in [2.05, 4.69) is 37.9 Å². The van der Waals surface area contributed by atoms with Gasteiger partial charge in [-0.3, -0.25) is 0 Å². The van der Waals surface area contributed by atoms with E-state index in [4.69, 9.17) is 16.3 Å². The van der Waals surface area contributed by atoms with Gasteiger partial charge in [-0.15, -0.1) is 0 Å². The predicted octanol–water partition coefficient (Wildman–Crippen LogP) is 7.65. The molecule has 0 saturated carbocycles. The first-order valence-corrected chi connectivity index (χ1v) is 10.2. The van der Waals surface area contributed by atoms with E-state index >= 15 is 0 Å². The van der Waals surface area contributed by atoms with Crippen LogP contribution in [0.25, 0.3) is 11.6 Å². The van der Waals surface area contributed by atoms with Gasteiger partial charge in [-0.2, -0.15) is 5.26 Å². The molecule has 140 valence electrons. The molecule has 3 aromatic rings. The summed E-state index contributed by atoms with van der Waals surface area (Å²) in [6.07, 6.45) is 1.70. The van der Waals surface area contributed by atoms with Crippen LogP contribution in [0.15, 0.2) is 69.6 Å². The van der Waals surface area contributed by atoms with Crippen LogP contribution in [0.2, 0.25) is 5.02 Å². The second kappa shape index (κ2) is 9.38. The lowest BCUT2D eigenvalue weighted by Gasteiger charge is -2.12. The molecule has 0 fully saturated rings. The Morgan fingerprint density at radius 3 is 2.36 bits per heavy atom. The van der Waals surface area contributed by atoms with Crippen molar-refractivity contribution in [2.75, 3.05) is 0 Å². The number of allylic oxidation sites excluding steroid dienone is 1. The second-order valence-electron chi connectivity index (χ2n) is 5.91. The zero-order valence-corrected chi connectivity index (χ0v) is 18.4. The molecule has 28 heavy (non-hydrogen) atoms. The summed E-state index contributed by atoms with van der Waals surface area (Å²) < 4.78 is 20.8. The fraction of sp³-hybridized carbons (Fsp3) is 0.0455. The second-order valence-corrected chi connectivity index (χ2v) is 8.05. The maximum absolute atomic E-state index is 13.5. The van der Waals surface area contributed by atoms with Gasteiger partial charge in [0.05, 0.1) is 20.6 Å². The van der Waals surface area contributed by atoms with Crippen LogP contribution in [0.5, 0.6) is 5.75 Å². The number of hydrogen-bond acceptors (Lipinski definition) is 2. The summed E-state index contributed by atoms with van der Waals surface area (Å²) in [7, 11) is 0. The normalized spacial score (nSPS) is 11.2. The Hall–Kier alpha value is -2.13. The Bertz CT molecular complexity index is 1050. The summed E-state index contributed by atoms with van der Waals surface area (Å²) in [5, 5.41) is 10.1. The molecule has 3 aromatic carbocycles. The van der Waals surface area contributed by atoms with Crippen molar-refractivity contribution in [1.82, 2.24) is 0 Å². The van der Waals surface area contributed by atoms with E-state index in [-0.39, 0.29) is 5.82 Å². The van der Waals surface area contributed by atoms with Crippen LogP contribution < -0.4 is 4.74 Å². The third-order valence-corrected chi connectivity index (χ3v) is 5.31. The minimum atomic E-state index is -0.382. The molecule has 0 aromatic heterocycles. The standard InChI is InChI=1S/C22H13Br2ClFNO/c23-20-9-15(8-17(12-27)16-2-1-3-19(26)11-16)10-21(24)22(20)28-13-14-4-6-18(25)7-5-14/h1-11H,13H2/b17-8-. The van der Waals surface area contributed by atoms with Crippen molar-refractivity contribution in [2.24, 2.45) is 0 Å². The van der Waals surface area contributed by atoms with Crippen molar-refractivity contribution in [3.63, 3.8) is 0 Å². The molecule has 0 saturated heterocycles. The molecule has 0 aliphatic rings. The molecule has 0 aliphatic heterocycles. The van der Waals surface area contributed by atoms with Gasteiger partial charge in [0.25, 0.3) is 0 Å². The van der Waals surface area contributed by atoms with Gasteiger partial charge in [-0.05, 0) is 91.0 Å². The minimum absolute atomic E-state index is 0.369. The highest BCUT2D eigenvalue weighted by Crippen LogP contribution is 2.36. The predicted molar refractivity (Wildman–Crippen MR) is 118 cm³/mol. The van der Waals surface area contributed by atoms with Gasteiger partial charge in [0, 0.05) is 5.02 Å². The molecule has 0 radical (unpaired) electrons. The molecule has 0 heterocycles. The lowest BCUT2D eigenvalue weighted by atomic mass is 10.0. The highest BCUT2D eigenvalue weighted by molar-refractivity contribution is 9.11. The first-order chi connectivity index (χ1) is 13.5. The number of halogens is 4. The maximum atomic E-state index is 13.5. The summed E-state index contributed by atoms with van der Waals surface area (Å²) in [5.41, 5.74) is 2.66. The number of hydrogen-bond donors (Lipinski definition) is 0. The topological polar surface area (TPSA) is 33.0 Å². The molecule has 0 atom stereocenters. The van der Waals surface area contributed by atoms with Gasteiger partial charge in [-0.25, -0.2) is 4.39 Å². The van der Waals surface area contributed by atoms with Gasteiger partial charge >= 0.3 is 0 Å². The molecular weight excluding hydrogens is 509 g/mol. The number of benzene rings is 3. The van der Waals surface area contributed by atoms with Crippen molar-refractivity contribution in [3.05, 3.63) is 97.1 Å². The molecule has 0 N–H and O–H groups in total. The maximum Gasteiger partial charge on any atom is 0.148 e. The van der Waals surface area contributed by atoms with E-state index in [1.165, 1.54) is 12.1 Å². The molecule has 3 rings (SSSR count). The molecule has 0 aliphatic carbocycles. The Labute approximate surface area is 184 Å². The van der Waals surface area contributed by atoms with Gasteiger partial charge in [0.2, 0.25) is 0 Å². The van der Waals surface area contributed by atoms with Crippen LogP contribution in [-0.4, -0.2) is 0 Å². The molecule has 0 amide bonds. The minimum Gasteiger partial charge on any atom is -0.487 e. The largest absolute Gasteiger partial charge is 0.487 e. The molecular formula is C22H13Br2ClFNO. The van der Waals surface area contributed by atoms with Crippen LogP contribution in [0.4, 0.5) is 4.39 Å². The van der Waals surface area contributed by atoms with Gasteiger partial charge < -0.3 is 4.74 Å². The van der Waals surface area contributed by atoms with Crippen LogP contribution in [-0.2, 0) is 6.61 Å². The van der Waals surface area contributed by atoms with Crippen molar-refractivity contribution in [1.29, 1.82) is 5.26 Å².